The molecule has 0 amide bonds. The van der Waals surface area contributed by atoms with E-state index < -0.39 is 12.0 Å². The van der Waals surface area contributed by atoms with E-state index in [-0.39, 0.29) is 23.3 Å². The molecule has 1 aromatic rings. The Morgan fingerprint density at radius 2 is 1.67 bits per heavy atom. The first-order chi connectivity index (χ1) is 8.34. The molecule has 2 N–H and O–H groups in total. The van der Waals surface area contributed by atoms with Crippen LogP contribution >= 0.6 is 0 Å². The lowest BCUT2D eigenvalue weighted by atomic mass is 9.83. The Morgan fingerprint density at radius 1 is 1.17 bits per heavy atom. The van der Waals surface area contributed by atoms with E-state index >= 15 is 0 Å². The van der Waals surface area contributed by atoms with Gasteiger partial charge in [0, 0.05) is 12.0 Å². The number of carbonyl (C=O) groups is 2. The van der Waals surface area contributed by atoms with Gasteiger partial charge in [0.1, 0.15) is 17.4 Å². The van der Waals surface area contributed by atoms with Crippen LogP contribution in [0.1, 0.15) is 32.4 Å². The van der Waals surface area contributed by atoms with Crippen molar-refractivity contribution >= 4 is 11.6 Å². The van der Waals surface area contributed by atoms with Crippen LogP contribution in [0.2, 0.25) is 0 Å². The van der Waals surface area contributed by atoms with Crippen LogP contribution in [0, 0.1) is 17.7 Å². The van der Waals surface area contributed by atoms with Gasteiger partial charge < -0.3 is 5.73 Å². The minimum atomic E-state index is -0.865. The van der Waals surface area contributed by atoms with Crippen molar-refractivity contribution in [1.29, 1.82) is 0 Å². The highest BCUT2D eigenvalue weighted by atomic mass is 19.1. The van der Waals surface area contributed by atoms with E-state index in [0.717, 1.165) is 0 Å². The maximum absolute atomic E-state index is 12.8. The number of halogens is 1. The van der Waals surface area contributed by atoms with Gasteiger partial charge in [-0.2, -0.15) is 0 Å². The molecule has 0 fully saturated rings. The van der Waals surface area contributed by atoms with Crippen molar-refractivity contribution in [3.8, 4) is 0 Å². The van der Waals surface area contributed by atoms with E-state index in [2.05, 4.69) is 0 Å². The summed E-state index contributed by atoms with van der Waals surface area (Å²) in [5, 5.41) is 0. The summed E-state index contributed by atoms with van der Waals surface area (Å²) >= 11 is 0. The lowest BCUT2D eigenvalue weighted by molar-refractivity contribution is -0.134. The van der Waals surface area contributed by atoms with Crippen LogP contribution in [0.4, 0.5) is 4.39 Å². The smallest absolute Gasteiger partial charge is 0.147 e. The number of hydrogen-bond donors (Lipinski definition) is 1. The summed E-state index contributed by atoms with van der Waals surface area (Å²) in [5.41, 5.74) is 6.55. The molecule has 2 unspecified atom stereocenters. The van der Waals surface area contributed by atoms with E-state index in [0.29, 0.717) is 5.56 Å². The van der Waals surface area contributed by atoms with Crippen molar-refractivity contribution in [2.75, 3.05) is 0 Å². The molecule has 0 aliphatic carbocycles. The Morgan fingerprint density at radius 3 is 2.06 bits per heavy atom. The van der Waals surface area contributed by atoms with Gasteiger partial charge in [-0.25, -0.2) is 4.39 Å². The van der Waals surface area contributed by atoms with Crippen LogP contribution in [0.5, 0.6) is 0 Å². The summed E-state index contributed by atoms with van der Waals surface area (Å²) in [7, 11) is 0. The SMILES string of the molecule is CC(=O)C(C(=O)C(C)C)C(N)c1ccc(F)cc1. The number of hydrogen-bond acceptors (Lipinski definition) is 3. The third-order valence-corrected chi connectivity index (χ3v) is 2.93. The Kier molecular flexibility index (Phi) is 4.73. The Labute approximate surface area is 106 Å². The second-order valence-electron chi connectivity index (χ2n) is 4.72. The van der Waals surface area contributed by atoms with Crippen LogP contribution in [-0.2, 0) is 9.59 Å². The Balaban J connectivity index is 3.03. The van der Waals surface area contributed by atoms with Gasteiger partial charge in [0.15, 0.2) is 0 Å². The highest BCUT2D eigenvalue weighted by Crippen LogP contribution is 2.24. The first kappa shape index (κ1) is 14.5. The van der Waals surface area contributed by atoms with Crippen molar-refractivity contribution in [3.05, 3.63) is 35.6 Å². The number of ketones is 2. The molecule has 1 rings (SSSR count). The van der Waals surface area contributed by atoms with Crippen LogP contribution < -0.4 is 5.73 Å². The molecule has 0 bridgehead atoms. The topological polar surface area (TPSA) is 60.2 Å². The fraction of sp³-hybridized carbons (Fsp3) is 0.429. The maximum Gasteiger partial charge on any atom is 0.147 e. The van der Waals surface area contributed by atoms with Crippen LogP contribution in [0.25, 0.3) is 0 Å². The second kappa shape index (κ2) is 5.87. The lowest BCUT2D eigenvalue weighted by Crippen LogP contribution is -2.35. The number of nitrogens with two attached hydrogens (primary N) is 1. The van der Waals surface area contributed by atoms with Crippen molar-refractivity contribution < 1.29 is 14.0 Å². The predicted octanol–water partition coefficient (Wildman–Crippen LogP) is 2.26. The van der Waals surface area contributed by atoms with E-state index in [1.807, 2.05) is 0 Å². The molecular formula is C14H18FNO2. The molecule has 0 spiro atoms. The third-order valence-electron chi connectivity index (χ3n) is 2.93. The average Bonchev–Trinajstić information content (AvgIpc) is 2.29. The Bertz CT molecular complexity index is 440. The first-order valence-electron chi connectivity index (χ1n) is 5.89. The van der Waals surface area contributed by atoms with Gasteiger partial charge in [-0.1, -0.05) is 26.0 Å². The number of carbonyl (C=O) groups excluding carboxylic acids is 2. The number of rotatable bonds is 5. The summed E-state index contributed by atoms with van der Waals surface area (Å²) < 4.78 is 12.8. The van der Waals surface area contributed by atoms with E-state index in [9.17, 15) is 14.0 Å². The van der Waals surface area contributed by atoms with Gasteiger partial charge in [-0.3, -0.25) is 9.59 Å². The fourth-order valence-electron chi connectivity index (χ4n) is 1.87. The summed E-state index contributed by atoms with van der Waals surface area (Å²) in [5.74, 6) is -1.94. The average molecular weight is 251 g/mol. The normalized spacial score (nSPS) is 14.3. The molecule has 0 heterocycles. The van der Waals surface area contributed by atoms with E-state index in [1.165, 1.54) is 31.2 Å². The predicted molar refractivity (Wildman–Crippen MR) is 67.3 cm³/mol. The molecule has 0 aliphatic rings. The molecule has 3 nitrogen and oxygen atoms in total. The third kappa shape index (κ3) is 3.23. The lowest BCUT2D eigenvalue weighted by Gasteiger charge is -2.22. The van der Waals surface area contributed by atoms with Gasteiger partial charge in [0.05, 0.1) is 5.92 Å². The Hall–Kier alpha value is -1.55. The fourth-order valence-corrected chi connectivity index (χ4v) is 1.87. The number of Topliss-reactive ketones (excluding diaryl/α,β-unsaturated/α-hetero) is 2. The molecule has 2 atom stereocenters. The van der Waals surface area contributed by atoms with Gasteiger partial charge >= 0.3 is 0 Å². The van der Waals surface area contributed by atoms with Gasteiger partial charge in [-0.05, 0) is 24.6 Å². The van der Waals surface area contributed by atoms with E-state index in [4.69, 9.17) is 5.73 Å². The molecule has 18 heavy (non-hydrogen) atoms. The summed E-state index contributed by atoms with van der Waals surface area (Å²) in [6, 6.07) is 4.82. The summed E-state index contributed by atoms with van der Waals surface area (Å²) in [6.07, 6.45) is 0. The molecule has 4 heteroatoms. The molecule has 0 aromatic heterocycles. The number of benzene rings is 1. The van der Waals surface area contributed by atoms with Gasteiger partial charge in [-0.15, -0.1) is 0 Å². The highest BCUT2D eigenvalue weighted by Gasteiger charge is 2.32. The van der Waals surface area contributed by atoms with E-state index in [1.54, 1.807) is 13.8 Å². The molecular weight excluding hydrogens is 233 g/mol. The zero-order valence-electron chi connectivity index (χ0n) is 10.8. The van der Waals surface area contributed by atoms with Crippen LogP contribution in [0.15, 0.2) is 24.3 Å². The maximum atomic E-state index is 12.8. The van der Waals surface area contributed by atoms with Gasteiger partial charge in [0.2, 0.25) is 0 Å². The second-order valence-corrected chi connectivity index (χ2v) is 4.72. The molecule has 0 saturated heterocycles. The zero-order chi connectivity index (χ0) is 13.9. The summed E-state index contributed by atoms with van der Waals surface area (Å²) in [4.78, 5) is 23.6. The molecule has 0 saturated carbocycles. The molecule has 98 valence electrons. The minimum absolute atomic E-state index is 0.181. The van der Waals surface area contributed by atoms with Crippen molar-refractivity contribution in [2.45, 2.75) is 26.8 Å². The minimum Gasteiger partial charge on any atom is -0.323 e. The van der Waals surface area contributed by atoms with Gasteiger partial charge in [0.25, 0.3) is 0 Å². The molecule has 1 aromatic carbocycles. The standard InChI is InChI=1S/C14H18FNO2/c1-8(2)14(18)12(9(3)17)13(16)10-4-6-11(15)7-5-10/h4-8,12-13H,16H2,1-3H3. The largest absolute Gasteiger partial charge is 0.323 e. The molecule has 0 radical (unpaired) electrons. The van der Waals surface area contributed by atoms with Crippen molar-refractivity contribution in [2.24, 2.45) is 17.6 Å². The monoisotopic (exact) mass is 251 g/mol. The molecule has 0 aliphatic heterocycles. The highest BCUT2D eigenvalue weighted by molar-refractivity contribution is 6.03. The quantitative estimate of drug-likeness (QED) is 0.816. The van der Waals surface area contributed by atoms with Crippen molar-refractivity contribution in [3.63, 3.8) is 0 Å². The summed E-state index contributed by atoms with van der Waals surface area (Å²) in [6.45, 7) is 4.82. The van der Waals surface area contributed by atoms with Crippen LogP contribution in [-0.4, -0.2) is 11.6 Å². The first-order valence-corrected chi connectivity index (χ1v) is 5.89. The van der Waals surface area contributed by atoms with Crippen LogP contribution in [0.3, 0.4) is 0 Å². The van der Waals surface area contributed by atoms with Crippen molar-refractivity contribution in [1.82, 2.24) is 0 Å². The zero-order valence-corrected chi connectivity index (χ0v) is 10.8.